The van der Waals surface area contributed by atoms with E-state index >= 15 is 0 Å². The molecule has 104 valence electrons. The van der Waals surface area contributed by atoms with E-state index in [1.165, 1.54) is 43.0 Å². The molecule has 4 heteroatoms. The Labute approximate surface area is 120 Å². The van der Waals surface area contributed by atoms with E-state index in [1.807, 2.05) is 23.5 Å². The summed E-state index contributed by atoms with van der Waals surface area (Å²) in [5.74, 6) is 2.15. The zero-order valence-electron chi connectivity index (χ0n) is 11.9. The van der Waals surface area contributed by atoms with Crippen LogP contribution in [0.4, 0.5) is 0 Å². The Balaban J connectivity index is 1.79. The fourth-order valence-corrected chi connectivity index (χ4v) is 4.23. The SMILES string of the molecule is CSC(C)CCN=C1NC2(CCC(C)CC2)CS1. The molecule has 1 atom stereocenters. The summed E-state index contributed by atoms with van der Waals surface area (Å²) in [6.07, 6.45) is 8.80. The Kier molecular flexibility index (Phi) is 5.31. The Morgan fingerprint density at radius 2 is 2.22 bits per heavy atom. The van der Waals surface area contributed by atoms with Crippen molar-refractivity contribution in [2.24, 2.45) is 10.9 Å². The second kappa shape index (κ2) is 6.56. The molecule has 1 saturated heterocycles. The topological polar surface area (TPSA) is 24.4 Å². The van der Waals surface area contributed by atoms with Crippen LogP contribution < -0.4 is 5.32 Å². The van der Waals surface area contributed by atoms with Crippen molar-refractivity contribution in [3.63, 3.8) is 0 Å². The molecule has 1 heterocycles. The van der Waals surface area contributed by atoms with E-state index in [1.54, 1.807) is 0 Å². The van der Waals surface area contributed by atoms with Gasteiger partial charge >= 0.3 is 0 Å². The van der Waals surface area contributed by atoms with Gasteiger partial charge in [-0.05, 0) is 44.3 Å². The normalized spacial score (nSPS) is 35.9. The first kappa shape index (κ1) is 14.6. The van der Waals surface area contributed by atoms with Gasteiger partial charge in [-0.15, -0.1) is 0 Å². The van der Waals surface area contributed by atoms with Crippen LogP contribution in [0.3, 0.4) is 0 Å². The van der Waals surface area contributed by atoms with E-state index in [2.05, 4.69) is 25.4 Å². The number of nitrogens with one attached hydrogen (secondary N) is 1. The predicted octanol–water partition coefficient (Wildman–Crippen LogP) is 3.77. The summed E-state index contributed by atoms with van der Waals surface area (Å²) in [6.45, 7) is 5.64. The third-order valence-electron chi connectivity index (χ3n) is 4.28. The third-order valence-corrected chi connectivity index (χ3v) is 6.52. The van der Waals surface area contributed by atoms with Gasteiger partial charge < -0.3 is 5.32 Å². The molecule has 1 N–H and O–H groups in total. The van der Waals surface area contributed by atoms with Crippen LogP contribution in [-0.2, 0) is 0 Å². The zero-order chi connectivity index (χ0) is 13.0. The van der Waals surface area contributed by atoms with E-state index in [9.17, 15) is 0 Å². The van der Waals surface area contributed by atoms with E-state index < -0.39 is 0 Å². The molecule has 0 radical (unpaired) electrons. The first-order valence-electron chi connectivity index (χ1n) is 7.12. The van der Waals surface area contributed by atoms with E-state index in [4.69, 9.17) is 4.99 Å². The maximum atomic E-state index is 4.73. The molecule has 1 spiro atoms. The lowest BCUT2D eigenvalue weighted by Crippen LogP contribution is -2.46. The number of rotatable bonds is 4. The summed E-state index contributed by atoms with van der Waals surface area (Å²) in [7, 11) is 0. The molecule has 1 aliphatic heterocycles. The van der Waals surface area contributed by atoms with Gasteiger partial charge in [0.25, 0.3) is 0 Å². The molecule has 2 fully saturated rings. The number of hydrogen-bond acceptors (Lipinski definition) is 3. The summed E-state index contributed by atoms with van der Waals surface area (Å²) in [5, 5.41) is 5.66. The molecule has 0 bridgehead atoms. The quantitative estimate of drug-likeness (QED) is 0.851. The van der Waals surface area contributed by atoms with Crippen molar-refractivity contribution in [3.05, 3.63) is 0 Å². The minimum Gasteiger partial charge on any atom is -0.359 e. The lowest BCUT2D eigenvalue weighted by molar-refractivity contribution is 0.251. The van der Waals surface area contributed by atoms with Crippen LogP contribution in [0.1, 0.15) is 46.0 Å². The van der Waals surface area contributed by atoms with Crippen LogP contribution in [0.25, 0.3) is 0 Å². The molecule has 0 amide bonds. The number of hydrogen-bond donors (Lipinski definition) is 1. The van der Waals surface area contributed by atoms with Crippen LogP contribution in [-0.4, -0.2) is 34.5 Å². The van der Waals surface area contributed by atoms with Gasteiger partial charge in [0.1, 0.15) is 0 Å². The molecular formula is C14H26N2S2. The van der Waals surface area contributed by atoms with E-state index in [0.29, 0.717) is 5.54 Å². The Morgan fingerprint density at radius 3 is 2.89 bits per heavy atom. The van der Waals surface area contributed by atoms with Gasteiger partial charge in [-0.3, -0.25) is 4.99 Å². The Morgan fingerprint density at radius 1 is 1.50 bits per heavy atom. The smallest absolute Gasteiger partial charge is 0.157 e. The van der Waals surface area contributed by atoms with Gasteiger partial charge in [0.2, 0.25) is 0 Å². The molecule has 0 aromatic rings. The van der Waals surface area contributed by atoms with Crippen LogP contribution in [0.2, 0.25) is 0 Å². The lowest BCUT2D eigenvalue weighted by atomic mass is 9.78. The second-order valence-electron chi connectivity index (χ2n) is 5.90. The van der Waals surface area contributed by atoms with Crippen molar-refractivity contribution < 1.29 is 0 Å². The number of aliphatic imine (C=N–C) groups is 1. The minimum atomic E-state index is 0.390. The maximum Gasteiger partial charge on any atom is 0.157 e. The Bertz CT molecular complexity index is 296. The van der Waals surface area contributed by atoms with Crippen molar-refractivity contribution in [1.82, 2.24) is 5.32 Å². The van der Waals surface area contributed by atoms with Crippen LogP contribution >= 0.6 is 23.5 Å². The molecule has 1 aliphatic carbocycles. The molecule has 0 aromatic heterocycles. The fraction of sp³-hybridized carbons (Fsp3) is 0.929. The van der Waals surface area contributed by atoms with Crippen LogP contribution in [0, 0.1) is 5.92 Å². The highest BCUT2D eigenvalue weighted by Gasteiger charge is 2.39. The average Bonchev–Trinajstić information content (AvgIpc) is 2.77. The van der Waals surface area contributed by atoms with Crippen molar-refractivity contribution in [2.45, 2.75) is 56.7 Å². The number of nitrogens with zero attached hydrogens (tertiary/aromatic N) is 1. The van der Waals surface area contributed by atoms with E-state index in [-0.39, 0.29) is 0 Å². The van der Waals surface area contributed by atoms with Gasteiger partial charge in [-0.1, -0.05) is 25.6 Å². The monoisotopic (exact) mass is 286 g/mol. The standard InChI is InChI=1S/C14H26N2S2/c1-11-4-7-14(8-5-11)10-18-13(16-14)15-9-6-12(2)17-3/h11-12H,4-10H2,1-3H3,(H,15,16). The Hall–Kier alpha value is 0.170. The van der Waals surface area contributed by atoms with Gasteiger partial charge in [0.05, 0.1) is 0 Å². The fourth-order valence-electron chi connectivity index (χ4n) is 2.64. The lowest BCUT2D eigenvalue weighted by Gasteiger charge is -2.35. The summed E-state index contributed by atoms with van der Waals surface area (Å²) < 4.78 is 0. The predicted molar refractivity (Wildman–Crippen MR) is 85.9 cm³/mol. The molecule has 2 aliphatic rings. The van der Waals surface area contributed by atoms with Crippen molar-refractivity contribution in [2.75, 3.05) is 18.6 Å². The van der Waals surface area contributed by atoms with Gasteiger partial charge in [-0.2, -0.15) is 11.8 Å². The largest absolute Gasteiger partial charge is 0.359 e. The van der Waals surface area contributed by atoms with Crippen molar-refractivity contribution in [3.8, 4) is 0 Å². The minimum absolute atomic E-state index is 0.390. The highest BCUT2D eigenvalue weighted by molar-refractivity contribution is 8.14. The second-order valence-corrected chi connectivity index (χ2v) is 8.14. The molecule has 1 unspecified atom stereocenters. The summed E-state index contributed by atoms with van der Waals surface area (Å²) in [4.78, 5) is 4.73. The molecule has 1 saturated carbocycles. The molecule has 2 nitrogen and oxygen atoms in total. The summed E-state index contributed by atoms with van der Waals surface area (Å²) in [5.41, 5.74) is 0.390. The first-order chi connectivity index (χ1) is 8.63. The third kappa shape index (κ3) is 3.83. The van der Waals surface area contributed by atoms with Crippen LogP contribution in [0.5, 0.6) is 0 Å². The zero-order valence-corrected chi connectivity index (χ0v) is 13.5. The van der Waals surface area contributed by atoms with Crippen molar-refractivity contribution in [1.29, 1.82) is 0 Å². The maximum absolute atomic E-state index is 4.73. The highest BCUT2D eigenvalue weighted by Crippen LogP contribution is 2.38. The molecule has 18 heavy (non-hydrogen) atoms. The molecule has 2 rings (SSSR count). The average molecular weight is 287 g/mol. The molecule has 0 aromatic carbocycles. The molecular weight excluding hydrogens is 260 g/mol. The number of amidine groups is 1. The first-order valence-corrected chi connectivity index (χ1v) is 9.39. The van der Waals surface area contributed by atoms with E-state index in [0.717, 1.165) is 17.7 Å². The number of thioether (sulfide) groups is 2. The van der Waals surface area contributed by atoms with Gasteiger partial charge in [0.15, 0.2) is 5.17 Å². The summed E-state index contributed by atoms with van der Waals surface area (Å²) >= 11 is 3.87. The van der Waals surface area contributed by atoms with Crippen LogP contribution in [0.15, 0.2) is 4.99 Å². The van der Waals surface area contributed by atoms with Gasteiger partial charge in [-0.25, -0.2) is 0 Å². The van der Waals surface area contributed by atoms with Gasteiger partial charge in [0, 0.05) is 23.1 Å². The van der Waals surface area contributed by atoms with Crippen molar-refractivity contribution >= 4 is 28.7 Å². The summed E-state index contributed by atoms with van der Waals surface area (Å²) in [6, 6.07) is 0. The highest BCUT2D eigenvalue weighted by atomic mass is 32.2.